The zero-order chi connectivity index (χ0) is 22.0. The first-order chi connectivity index (χ1) is 15.0. The summed E-state index contributed by atoms with van der Waals surface area (Å²) in [5.41, 5.74) is 6.82. The normalized spacial score (nSPS) is 10.8. The van der Waals surface area contributed by atoms with E-state index in [-0.39, 0.29) is 17.1 Å². The van der Waals surface area contributed by atoms with E-state index in [1.165, 1.54) is 4.57 Å². The number of ether oxygens (including phenoxy) is 1. The molecule has 2 aromatic carbocycles. The summed E-state index contributed by atoms with van der Waals surface area (Å²) in [5.74, 6) is 0.302. The van der Waals surface area contributed by atoms with Gasteiger partial charge in [0.25, 0.3) is 5.91 Å². The highest BCUT2D eigenvalue weighted by atomic mass is 32.1. The second-order valence-electron chi connectivity index (χ2n) is 6.72. The lowest BCUT2D eigenvalue weighted by atomic mass is 10.1. The predicted octanol–water partition coefficient (Wildman–Crippen LogP) is 3.13. The standard InChI is InChI=1S/C21H19N5O4S/c1-12-15-5-3-4-6-16(15)30-18(12)20(28)24-22-17(27)11-26-19(23-25-21(26)31)13-7-9-14(29-2)10-8-13/h3-10H,11H2,1-2H3,(H,22,27)(H,24,28)(H,25,31). The molecule has 0 unspecified atom stereocenters. The van der Waals surface area contributed by atoms with Crippen LogP contribution in [-0.4, -0.2) is 33.7 Å². The summed E-state index contributed by atoms with van der Waals surface area (Å²) < 4.78 is 12.6. The quantitative estimate of drug-likeness (QED) is 0.327. The SMILES string of the molecule is COc1ccc(-c2n[nH]c(=S)n2CC(=O)NNC(=O)c2oc3ccccc3c2C)cc1. The van der Waals surface area contributed by atoms with E-state index in [9.17, 15) is 9.59 Å². The molecule has 0 aliphatic rings. The van der Waals surface area contributed by atoms with E-state index in [2.05, 4.69) is 21.0 Å². The number of benzene rings is 2. The number of nitrogens with one attached hydrogen (secondary N) is 3. The lowest BCUT2D eigenvalue weighted by Gasteiger charge is -2.09. The van der Waals surface area contributed by atoms with Crippen molar-refractivity contribution < 1.29 is 18.7 Å². The third kappa shape index (κ3) is 4.05. The molecule has 0 atom stereocenters. The summed E-state index contributed by atoms with van der Waals surface area (Å²) >= 11 is 5.24. The average molecular weight is 437 g/mol. The number of aromatic amines is 1. The first kappa shape index (κ1) is 20.4. The number of hydrogen-bond acceptors (Lipinski definition) is 6. The van der Waals surface area contributed by atoms with Gasteiger partial charge in [-0.25, -0.2) is 0 Å². The van der Waals surface area contributed by atoms with Crippen LogP contribution < -0.4 is 15.6 Å². The van der Waals surface area contributed by atoms with Crippen molar-refractivity contribution in [2.45, 2.75) is 13.5 Å². The van der Waals surface area contributed by atoms with Crippen molar-refractivity contribution in [2.75, 3.05) is 7.11 Å². The van der Waals surface area contributed by atoms with Crippen LogP contribution in [0.1, 0.15) is 16.1 Å². The maximum absolute atomic E-state index is 12.5. The minimum absolute atomic E-state index is 0.139. The van der Waals surface area contributed by atoms with Crippen LogP contribution in [-0.2, 0) is 11.3 Å². The molecule has 2 heterocycles. The zero-order valence-corrected chi connectivity index (χ0v) is 17.6. The highest BCUT2D eigenvalue weighted by Crippen LogP contribution is 2.24. The number of carbonyl (C=O) groups excluding carboxylic acids is 2. The Morgan fingerprint density at radius 3 is 2.61 bits per heavy atom. The molecule has 2 amide bonds. The summed E-state index contributed by atoms with van der Waals surface area (Å²) in [5, 5.41) is 7.72. The first-order valence-corrected chi connectivity index (χ1v) is 9.75. The molecule has 0 bridgehead atoms. The number of carbonyl (C=O) groups is 2. The van der Waals surface area contributed by atoms with Crippen LogP contribution in [0.3, 0.4) is 0 Å². The number of amides is 2. The van der Waals surface area contributed by atoms with Gasteiger partial charge in [-0.05, 0) is 49.5 Å². The Bertz CT molecular complexity index is 1320. The minimum Gasteiger partial charge on any atom is -0.497 e. The maximum atomic E-state index is 12.5. The van der Waals surface area contributed by atoms with Crippen LogP contribution >= 0.6 is 12.2 Å². The molecular formula is C21H19N5O4S. The predicted molar refractivity (Wildman–Crippen MR) is 116 cm³/mol. The Hall–Kier alpha value is -3.92. The Kier molecular flexibility index (Phi) is 5.54. The van der Waals surface area contributed by atoms with Crippen LogP contribution in [0.4, 0.5) is 0 Å². The number of rotatable bonds is 5. The Balaban J connectivity index is 1.45. The van der Waals surface area contributed by atoms with Gasteiger partial charge in [-0.15, -0.1) is 0 Å². The number of fused-ring (bicyclic) bond motifs is 1. The third-order valence-corrected chi connectivity index (χ3v) is 5.09. The van der Waals surface area contributed by atoms with Crippen LogP contribution in [0.5, 0.6) is 5.75 Å². The van der Waals surface area contributed by atoms with E-state index < -0.39 is 11.8 Å². The largest absolute Gasteiger partial charge is 0.497 e. The van der Waals surface area contributed by atoms with Gasteiger partial charge >= 0.3 is 5.91 Å². The molecule has 0 aliphatic carbocycles. The fourth-order valence-corrected chi connectivity index (χ4v) is 3.38. The molecule has 10 heteroatoms. The van der Waals surface area contributed by atoms with Crippen molar-refractivity contribution in [3.63, 3.8) is 0 Å². The molecule has 9 nitrogen and oxygen atoms in total. The molecule has 0 spiro atoms. The smallest absolute Gasteiger partial charge is 0.305 e. The second kappa shape index (κ2) is 8.44. The van der Waals surface area contributed by atoms with Gasteiger partial charge in [0.15, 0.2) is 16.4 Å². The summed E-state index contributed by atoms with van der Waals surface area (Å²) in [4.78, 5) is 24.9. The number of H-pyrrole nitrogens is 1. The average Bonchev–Trinajstić information content (AvgIpc) is 3.32. The highest BCUT2D eigenvalue weighted by Gasteiger charge is 2.18. The minimum atomic E-state index is -0.548. The van der Waals surface area contributed by atoms with E-state index in [1.54, 1.807) is 32.2 Å². The number of hydrazine groups is 1. The molecule has 4 rings (SSSR count). The number of nitrogens with zero attached hydrogens (tertiary/aromatic N) is 2. The van der Waals surface area contributed by atoms with Gasteiger partial charge in [-0.1, -0.05) is 18.2 Å². The molecule has 3 N–H and O–H groups in total. The van der Waals surface area contributed by atoms with Crippen molar-refractivity contribution in [3.8, 4) is 17.1 Å². The number of methoxy groups -OCH3 is 1. The van der Waals surface area contributed by atoms with Gasteiger partial charge in [0.05, 0.1) is 7.11 Å². The van der Waals surface area contributed by atoms with E-state index in [1.807, 2.05) is 30.3 Å². The Labute approximate surface area is 182 Å². The molecule has 31 heavy (non-hydrogen) atoms. The van der Waals surface area contributed by atoms with Gasteiger partial charge in [0.1, 0.15) is 17.9 Å². The summed E-state index contributed by atoms with van der Waals surface area (Å²) in [7, 11) is 1.58. The summed E-state index contributed by atoms with van der Waals surface area (Å²) in [6.45, 7) is 1.64. The lowest BCUT2D eigenvalue weighted by Crippen LogP contribution is -2.43. The van der Waals surface area contributed by atoms with E-state index >= 15 is 0 Å². The van der Waals surface area contributed by atoms with Crippen molar-refractivity contribution in [3.05, 3.63) is 64.6 Å². The molecule has 0 fully saturated rings. The summed E-state index contributed by atoms with van der Waals surface area (Å²) in [6.07, 6.45) is 0. The summed E-state index contributed by atoms with van der Waals surface area (Å²) in [6, 6.07) is 14.5. The number of aromatic nitrogens is 3. The first-order valence-electron chi connectivity index (χ1n) is 9.35. The van der Waals surface area contributed by atoms with E-state index in [0.29, 0.717) is 22.7 Å². The van der Waals surface area contributed by atoms with Gasteiger partial charge in [0, 0.05) is 16.5 Å². The fourth-order valence-electron chi connectivity index (χ4n) is 3.18. The van der Waals surface area contributed by atoms with Gasteiger partial charge in [0.2, 0.25) is 0 Å². The van der Waals surface area contributed by atoms with Gasteiger partial charge in [-0.3, -0.25) is 30.1 Å². The lowest BCUT2D eigenvalue weighted by molar-refractivity contribution is -0.122. The van der Waals surface area contributed by atoms with Crippen molar-refractivity contribution in [1.82, 2.24) is 25.6 Å². The molecular weight excluding hydrogens is 418 g/mol. The van der Waals surface area contributed by atoms with Crippen molar-refractivity contribution in [2.24, 2.45) is 0 Å². The monoisotopic (exact) mass is 437 g/mol. The molecule has 0 radical (unpaired) electrons. The number of para-hydroxylation sites is 1. The molecule has 158 valence electrons. The number of furan rings is 1. The van der Waals surface area contributed by atoms with Crippen LogP contribution in [0.15, 0.2) is 52.9 Å². The number of aryl methyl sites for hydroxylation is 1. The molecule has 0 saturated carbocycles. The molecule has 0 aliphatic heterocycles. The molecule has 2 aromatic heterocycles. The van der Waals surface area contributed by atoms with E-state index in [4.69, 9.17) is 21.4 Å². The van der Waals surface area contributed by atoms with Gasteiger partial charge < -0.3 is 9.15 Å². The van der Waals surface area contributed by atoms with E-state index in [0.717, 1.165) is 10.9 Å². The van der Waals surface area contributed by atoms with Crippen molar-refractivity contribution in [1.29, 1.82) is 0 Å². The second-order valence-corrected chi connectivity index (χ2v) is 7.11. The fraction of sp³-hybridized carbons (Fsp3) is 0.143. The van der Waals surface area contributed by atoms with Gasteiger partial charge in [-0.2, -0.15) is 5.10 Å². The Morgan fingerprint density at radius 2 is 1.90 bits per heavy atom. The van der Waals surface area contributed by atoms with Crippen LogP contribution in [0.2, 0.25) is 0 Å². The molecule has 0 saturated heterocycles. The highest BCUT2D eigenvalue weighted by molar-refractivity contribution is 7.71. The topological polar surface area (TPSA) is 114 Å². The third-order valence-electron chi connectivity index (χ3n) is 4.77. The Morgan fingerprint density at radius 1 is 1.16 bits per heavy atom. The zero-order valence-electron chi connectivity index (χ0n) is 16.8. The molecule has 4 aromatic rings. The van der Waals surface area contributed by atoms with Crippen molar-refractivity contribution >= 4 is 35.0 Å². The maximum Gasteiger partial charge on any atom is 0.305 e. The van der Waals surface area contributed by atoms with Crippen LogP contribution in [0, 0.1) is 11.7 Å². The number of hydrogen-bond donors (Lipinski definition) is 3. The van der Waals surface area contributed by atoms with Crippen LogP contribution in [0.25, 0.3) is 22.4 Å².